The molecular weight excluding hydrogens is 360 g/mol. The van der Waals surface area contributed by atoms with Gasteiger partial charge in [-0.05, 0) is 44.9 Å². The van der Waals surface area contributed by atoms with Crippen molar-refractivity contribution >= 4 is 17.5 Å². The Morgan fingerprint density at radius 2 is 1.71 bits per heavy atom. The molecule has 6 heteroatoms. The lowest BCUT2D eigenvalue weighted by Crippen LogP contribution is -2.30. The zero-order valence-corrected chi connectivity index (χ0v) is 16.8. The molecule has 0 heterocycles. The lowest BCUT2D eigenvalue weighted by atomic mass is 9.84. The van der Waals surface area contributed by atoms with Crippen LogP contribution in [0, 0.1) is 5.92 Å². The van der Waals surface area contributed by atoms with Crippen molar-refractivity contribution in [1.29, 1.82) is 0 Å². The molecule has 0 aromatic heterocycles. The van der Waals surface area contributed by atoms with E-state index in [0.29, 0.717) is 0 Å². The minimum absolute atomic E-state index is 0.0785. The molecule has 28 heavy (non-hydrogen) atoms. The quantitative estimate of drug-likeness (QED) is 0.432. The van der Waals surface area contributed by atoms with E-state index in [1.54, 1.807) is 6.92 Å². The molecule has 1 aromatic rings. The van der Waals surface area contributed by atoms with Crippen molar-refractivity contribution < 1.29 is 29.3 Å². The fourth-order valence-electron chi connectivity index (χ4n) is 3.10. The molecule has 150 valence electrons. The second-order valence-electron chi connectivity index (χ2n) is 7.89. The predicted molar refractivity (Wildman–Crippen MR) is 105 cm³/mol. The summed E-state index contributed by atoms with van der Waals surface area (Å²) in [6.07, 6.45) is 4.34. The number of ether oxygens (including phenoxy) is 1. The fraction of sp³-hybridized carbons (Fsp3) is 0.409. The minimum Gasteiger partial charge on any atom is -0.507 e. The number of hydrogen-bond acceptors (Lipinski definition) is 6. The number of carbonyl (C=O) groups excluding carboxylic acids is 3. The first-order valence-corrected chi connectivity index (χ1v) is 9.17. The van der Waals surface area contributed by atoms with Gasteiger partial charge in [0.2, 0.25) is 0 Å². The third-order valence-electron chi connectivity index (χ3n) is 4.54. The van der Waals surface area contributed by atoms with Crippen molar-refractivity contribution in [3.8, 4) is 11.5 Å². The normalized spacial score (nSPS) is 15.2. The van der Waals surface area contributed by atoms with Gasteiger partial charge in [0.15, 0.2) is 11.6 Å². The van der Waals surface area contributed by atoms with Crippen LogP contribution in [0.2, 0.25) is 0 Å². The molecule has 1 atom stereocenters. The van der Waals surface area contributed by atoms with Crippen LogP contribution in [0.4, 0.5) is 0 Å². The molecule has 0 spiro atoms. The Morgan fingerprint density at radius 1 is 1.14 bits per heavy atom. The average Bonchev–Trinajstić information content (AvgIpc) is 2.57. The van der Waals surface area contributed by atoms with Crippen LogP contribution in [0.5, 0.6) is 11.5 Å². The number of fused-ring (bicyclic) bond motifs is 1. The molecule has 0 saturated carbocycles. The molecule has 0 radical (unpaired) electrons. The highest BCUT2D eigenvalue weighted by Crippen LogP contribution is 2.44. The van der Waals surface area contributed by atoms with Crippen LogP contribution in [0.3, 0.4) is 0 Å². The van der Waals surface area contributed by atoms with Gasteiger partial charge in [-0.3, -0.25) is 14.4 Å². The second-order valence-corrected chi connectivity index (χ2v) is 7.89. The number of aromatic hydroxyl groups is 2. The summed E-state index contributed by atoms with van der Waals surface area (Å²) in [5.74, 6) is -2.45. The monoisotopic (exact) mass is 386 g/mol. The van der Waals surface area contributed by atoms with E-state index in [9.17, 15) is 24.6 Å². The van der Waals surface area contributed by atoms with Gasteiger partial charge in [-0.15, -0.1) is 0 Å². The van der Waals surface area contributed by atoms with E-state index < -0.39 is 34.6 Å². The molecule has 1 aliphatic rings. The van der Waals surface area contributed by atoms with Crippen LogP contribution < -0.4 is 0 Å². The van der Waals surface area contributed by atoms with E-state index in [2.05, 4.69) is 0 Å². The highest BCUT2D eigenvalue weighted by atomic mass is 16.6. The molecule has 1 aliphatic carbocycles. The van der Waals surface area contributed by atoms with E-state index in [1.165, 1.54) is 6.07 Å². The Labute approximate surface area is 164 Å². The third-order valence-corrected chi connectivity index (χ3v) is 4.54. The van der Waals surface area contributed by atoms with Crippen LogP contribution in [-0.2, 0) is 15.1 Å². The maximum Gasteiger partial charge on any atom is 0.306 e. The zero-order valence-electron chi connectivity index (χ0n) is 16.8. The van der Waals surface area contributed by atoms with Gasteiger partial charge in [0.05, 0.1) is 11.1 Å². The van der Waals surface area contributed by atoms with Crippen molar-refractivity contribution in [3.05, 3.63) is 46.6 Å². The van der Waals surface area contributed by atoms with Crippen LogP contribution in [0.25, 0.3) is 0 Å². The Hall–Kier alpha value is -2.89. The largest absolute Gasteiger partial charge is 0.507 e. The molecule has 0 bridgehead atoms. The van der Waals surface area contributed by atoms with Crippen molar-refractivity contribution in [2.45, 2.75) is 53.1 Å². The summed E-state index contributed by atoms with van der Waals surface area (Å²) in [4.78, 5) is 36.7. The van der Waals surface area contributed by atoms with Crippen molar-refractivity contribution in [2.75, 3.05) is 0 Å². The number of benzene rings is 1. The van der Waals surface area contributed by atoms with Gasteiger partial charge in [-0.1, -0.05) is 25.5 Å². The first kappa shape index (κ1) is 21.4. The molecule has 0 aliphatic heterocycles. The number of phenolic OH excluding ortho intramolecular Hbond substituents is 2. The summed E-state index contributed by atoms with van der Waals surface area (Å²) < 4.78 is 5.71. The highest BCUT2D eigenvalue weighted by Gasteiger charge is 2.38. The van der Waals surface area contributed by atoms with Gasteiger partial charge in [0.25, 0.3) is 0 Å². The summed E-state index contributed by atoms with van der Waals surface area (Å²) in [6.45, 7) is 9.14. The molecule has 0 amide bonds. The van der Waals surface area contributed by atoms with Gasteiger partial charge in [0, 0.05) is 18.4 Å². The molecule has 0 saturated heterocycles. The zero-order chi connectivity index (χ0) is 21.2. The third kappa shape index (κ3) is 4.32. The Kier molecular flexibility index (Phi) is 6.12. The van der Waals surface area contributed by atoms with Crippen molar-refractivity contribution in [2.24, 2.45) is 5.92 Å². The van der Waals surface area contributed by atoms with Crippen LogP contribution >= 0.6 is 0 Å². The first-order chi connectivity index (χ1) is 13.0. The molecule has 0 unspecified atom stereocenters. The smallest absolute Gasteiger partial charge is 0.306 e. The van der Waals surface area contributed by atoms with Crippen LogP contribution in [0.1, 0.15) is 73.7 Å². The number of ketones is 2. The maximum absolute atomic E-state index is 12.4. The standard InChI is InChI=1S/C22H26O6/c1-12(2)8-9-22(5,28-18(26)10-13(3)4)14-11-17(25)19-15(23)6-7-16(24)20(19)21(14)27/h6-8,11,13,25,27H,9-10H2,1-5H3/t22-/m1/s1. The molecular formula is C22H26O6. The number of esters is 1. The summed E-state index contributed by atoms with van der Waals surface area (Å²) in [5.41, 5.74) is -0.793. The first-order valence-electron chi connectivity index (χ1n) is 9.17. The van der Waals surface area contributed by atoms with Gasteiger partial charge >= 0.3 is 5.97 Å². The van der Waals surface area contributed by atoms with E-state index in [4.69, 9.17) is 4.74 Å². The number of phenols is 2. The molecule has 6 nitrogen and oxygen atoms in total. The molecule has 2 rings (SSSR count). The Morgan fingerprint density at radius 3 is 2.25 bits per heavy atom. The second kappa shape index (κ2) is 8.00. The van der Waals surface area contributed by atoms with Gasteiger partial charge in [-0.2, -0.15) is 0 Å². The number of hydrogen-bond donors (Lipinski definition) is 2. The number of carbonyl (C=O) groups is 3. The highest BCUT2D eigenvalue weighted by molar-refractivity contribution is 6.24. The van der Waals surface area contributed by atoms with E-state index >= 15 is 0 Å². The summed E-state index contributed by atoms with van der Waals surface area (Å²) >= 11 is 0. The fourth-order valence-corrected chi connectivity index (χ4v) is 3.10. The van der Waals surface area contributed by atoms with Crippen LogP contribution in [0.15, 0.2) is 29.9 Å². The Balaban J connectivity index is 2.64. The van der Waals surface area contributed by atoms with Gasteiger partial charge in [0.1, 0.15) is 17.1 Å². The molecule has 2 N–H and O–H groups in total. The van der Waals surface area contributed by atoms with Gasteiger partial charge < -0.3 is 14.9 Å². The van der Waals surface area contributed by atoms with E-state index in [0.717, 1.165) is 17.7 Å². The molecule has 0 fully saturated rings. The topological polar surface area (TPSA) is 101 Å². The molecule has 1 aromatic carbocycles. The average molecular weight is 386 g/mol. The van der Waals surface area contributed by atoms with Crippen molar-refractivity contribution in [1.82, 2.24) is 0 Å². The van der Waals surface area contributed by atoms with E-state index in [-0.39, 0.29) is 35.4 Å². The summed E-state index contributed by atoms with van der Waals surface area (Å²) in [7, 11) is 0. The van der Waals surface area contributed by atoms with Crippen LogP contribution in [-0.4, -0.2) is 27.7 Å². The minimum atomic E-state index is -1.33. The summed E-state index contributed by atoms with van der Waals surface area (Å²) in [6, 6.07) is 1.19. The predicted octanol–water partition coefficient (Wildman–Crippen LogP) is 4.19. The SMILES string of the molecule is CC(C)=CC[C@@](C)(OC(=O)CC(C)C)c1cc(O)c2c(c1O)C(=O)C=CC2=O. The maximum atomic E-state index is 12.4. The van der Waals surface area contributed by atoms with E-state index in [1.807, 2.05) is 33.8 Å². The summed E-state index contributed by atoms with van der Waals surface area (Å²) in [5, 5.41) is 21.2. The van der Waals surface area contributed by atoms with Gasteiger partial charge in [-0.25, -0.2) is 0 Å². The number of rotatable bonds is 6. The Bertz CT molecular complexity index is 887. The lowest BCUT2D eigenvalue weighted by Gasteiger charge is -2.31. The van der Waals surface area contributed by atoms with Crippen molar-refractivity contribution in [3.63, 3.8) is 0 Å². The lowest BCUT2D eigenvalue weighted by molar-refractivity contribution is -0.160. The number of allylic oxidation sites excluding steroid dienone is 3.